The van der Waals surface area contributed by atoms with Crippen molar-refractivity contribution in [1.82, 2.24) is 0 Å². The molecule has 108 valence electrons. The smallest absolute Gasteiger partial charge is 0.307 e. The number of amides is 1. The largest absolute Gasteiger partial charge is 0.481 e. The van der Waals surface area contributed by atoms with Crippen molar-refractivity contribution in [3.63, 3.8) is 0 Å². The van der Waals surface area contributed by atoms with Crippen LogP contribution in [0.1, 0.15) is 31.2 Å². The van der Waals surface area contributed by atoms with Crippen molar-refractivity contribution in [2.75, 3.05) is 5.32 Å². The normalized spacial score (nSPS) is 22.3. The van der Waals surface area contributed by atoms with Gasteiger partial charge >= 0.3 is 5.97 Å². The predicted octanol–water partition coefficient (Wildman–Crippen LogP) is 3.48. The molecule has 0 saturated heterocycles. The minimum Gasteiger partial charge on any atom is -0.481 e. The maximum atomic E-state index is 12.4. The number of rotatable bonds is 3. The van der Waals surface area contributed by atoms with Crippen LogP contribution < -0.4 is 5.32 Å². The van der Waals surface area contributed by atoms with E-state index in [1.165, 1.54) is 0 Å². The molecule has 0 spiro atoms. The van der Waals surface area contributed by atoms with Crippen LogP contribution in [-0.2, 0) is 9.59 Å². The molecule has 0 unspecified atom stereocenters. The van der Waals surface area contributed by atoms with Gasteiger partial charge < -0.3 is 10.4 Å². The summed E-state index contributed by atoms with van der Waals surface area (Å²) in [4.78, 5) is 23.6. The zero-order chi connectivity index (χ0) is 14.7. The standard InChI is InChI=1S/C15H18ClNO3/c1-9-5-4-8-12(16)13(9)17-14(18)10-6-2-3-7-11(10)15(19)20/h4-5,8,10-11H,2-3,6-7H2,1H3,(H,17,18)(H,19,20)/t10-,11+/m1/s1. The molecule has 0 aliphatic heterocycles. The topological polar surface area (TPSA) is 66.4 Å². The van der Waals surface area contributed by atoms with Crippen LogP contribution in [0.5, 0.6) is 0 Å². The molecule has 1 saturated carbocycles. The van der Waals surface area contributed by atoms with Gasteiger partial charge in [-0.25, -0.2) is 0 Å². The first-order valence-electron chi connectivity index (χ1n) is 6.79. The van der Waals surface area contributed by atoms with E-state index in [9.17, 15) is 14.7 Å². The van der Waals surface area contributed by atoms with Crippen LogP contribution in [0.15, 0.2) is 18.2 Å². The van der Waals surface area contributed by atoms with Crippen LogP contribution in [0.4, 0.5) is 5.69 Å². The van der Waals surface area contributed by atoms with Crippen molar-refractivity contribution < 1.29 is 14.7 Å². The molecule has 0 bridgehead atoms. The zero-order valence-electron chi connectivity index (χ0n) is 11.4. The Labute approximate surface area is 123 Å². The summed E-state index contributed by atoms with van der Waals surface area (Å²) in [5, 5.41) is 12.5. The summed E-state index contributed by atoms with van der Waals surface area (Å²) in [5.41, 5.74) is 1.45. The number of para-hydroxylation sites is 1. The fraction of sp³-hybridized carbons (Fsp3) is 0.467. The summed E-state index contributed by atoms with van der Waals surface area (Å²) >= 11 is 6.08. The molecule has 0 radical (unpaired) electrons. The summed E-state index contributed by atoms with van der Waals surface area (Å²) in [6.45, 7) is 1.86. The van der Waals surface area contributed by atoms with Crippen molar-refractivity contribution in [1.29, 1.82) is 0 Å². The number of nitrogens with one attached hydrogen (secondary N) is 1. The van der Waals surface area contributed by atoms with Crippen LogP contribution in [0, 0.1) is 18.8 Å². The van der Waals surface area contributed by atoms with Gasteiger partial charge in [0.15, 0.2) is 0 Å². The molecule has 1 aliphatic carbocycles. The fourth-order valence-corrected chi connectivity index (χ4v) is 3.02. The third-order valence-electron chi connectivity index (χ3n) is 3.89. The number of aryl methyl sites for hydroxylation is 1. The first-order valence-corrected chi connectivity index (χ1v) is 7.17. The summed E-state index contributed by atoms with van der Waals surface area (Å²) in [5.74, 6) is -2.20. The molecule has 0 heterocycles. The predicted molar refractivity (Wildman–Crippen MR) is 77.9 cm³/mol. The second-order valence-electron chi connectivity index (χ2n) is 5.26. The first-order chi connectivity index (χ1) is 9.50. The summed E-state index contributed by atoms with van der Waals surface area (Å²) in [7, 11) is 0. The number of benzene rings is 1. The van der Waals surface area contributed by atoms with Gasteiger partial charge in [-0.2, -0.15) is 0 Å². The zero-order valence-corrected chi connectivity index (χ0v) is 12.1. The van der Waals surface area contributed by atoms with Crippen molar-refractivity contribution in [3.8, 4) is 0 Å². The van der Waals surface area contributed by atoms with Crippen LogP contribution in [-0.4, -0.2) is 17.0 Å². The van der Waals surface area contributed by atoms with Crippen molar-refractivity contribution in [2.24, 2.45) is 11.8 Å². The van der Waals surface area contributed by atoms with Gasteiger partial charge in [0.2, 0.25) is 5.91 Å². The molecule has 5 heteroatoms. The number of carboxylic acids is 1. The van der Waals surface area contributed by atoms with Gasteiger partial charge in [0, 0.05) is 0 Å². The lowest BCUT2D eigenvalue weighted by atomic mass is 9.78. The molecule has 1 amide bonds. The van der Waals surface area contributed by atoms with Crippen molar-refractivity contribution in [3.05, 3.63) is 28.8 Å². The molecule has 1 aromatic carbocycles. The maximum Gasteiger partial charge on any atom is 0.307 e. The molecule has 4 nitrogen and oxygen atoms in total. The summed E-state index contributed by atoms with van der Waals surface area (Å²) < 4.78 is 0. The highest BCUT2D eigenvalue weighted by Crippen LogP contribution is 2.33. The van der Waals surface area contributed by atoms with Crippen LogP contribution in [0.2, 0.25) is 5.02 Å². The highest BCUT2D eigenvalue weighted by atomic mass is 35.5. The van der Waals surface area contributed by atoms with E-state index < -0.39 is 17.8 Å². The number of hydrogen-bond acceptors (Lipinski definition) is 2. The molecular formula is C15H18ClNO3. The molecule has 20 heavy (non-hydrogen) atoms. The molecule has 2 N–H and O–H groups in total. The van der Waals surface area contributed by atoms with E-state index in [-0.39, 0.29) is 5.91 Å². The Morgan fingerprint density at radius 2 is 1.90 bits per heavy atom. The van der Waals surface area contributed by atoms with Gasteiger partial charge in [-0.15, -0.1) is 0 Å². The Morgan fingerprint density at radius 3 is 2.50 bits per heavy atom. The maximum absolute atomic E-state index is 12.4. The second-order valence-corrected chi connectivity index (χ2v) is 5.66. The third kappa shape index (κ3) is 3.12. The van der Waals surface area contributed by atoms with E-state index in [0.717, 1.165) is 18.4 Å². The van der Waals surface area contributed by atoms with Crippen molar-refractivity contribution >= 4 is 29.2 Å². The highest BCUT2D eigenvalue weighted by molar-refractivity contribution is 6.34. The summed E-state index contributed by atoms with van der Waals surface area (Å²) in [6, 6.07) is 5.38. The molecule has 1 fully saturated rings. The van der Waals surface area contributed by atoms with Gasteiger partial charge in [-0.1, -0.05) is 36.6 Å². The fourth-order valence-electron chi connectivity index (χ4n) is 2.75. The Morgan fingerprint density at radius 1 is 1.25 bits per heavy atom. The van der Waals surface area contributed by atoms with Crippen molar-refractivity contribution in [2.45, 2.75) is 32.6 Å². The monoisotopic (exact) mass is 295 g/mol. The van der Waals surface area contributed by atoms with Gasteiger partial charge in [-0.3, -0.25) is 9.59 Å². The number of carbonyl (C=O) groups excluding carboxylic acids is 1. The Bertz CT molecular complexity index is 510. The van der Waals surface area contributed by atoms with Gasteiger partial charge in [0.1, 0.15) is 0 Å². The average molecular weight is 296 g/mol. The SMILES string of the molecule is Cc1cccc(Cl)c1NC(=O)[C@@H]1CCCC[C@@H]1C(=O)O. The number of hydrogen-bond donors (Lipinski definition) is 2. The Hall–Kier alpha value is -1.55. The highest BCUT2D eigenvalue weighted by Gasteiger charge is 2.35. The minimum atomic E-state index is -0.888. The lowest BCUT2D eigenvalue weighted by Gasteiger charge is -2.27. The molecule has 1 aliphatic rings. The van der Waals surface area contributed by atoms with Crippen LogP contribution in [0.25, 0.3) is 0 Å². The number of anilines is 1. The summed E-state index contributed by atoms with van der Waals surface area (Å²) in [6.07, 6.45) is 2.94. The Kier molecular flexibility index (Phi) is 4.65. The quantitative estimate of drug-likeness (QED) is 0.897. The van der Waals surface area contributed by atoms with E-state index in [1.807, 2.05) is 19.1 Å². The van der Waals surface area contributed by atoms with Crippen LogP contribution in [0.3, 0.4) is 0 Å². The third-order valence-corrected chi connectivity index (χ3v) is 4.21. The van der Waals surface area contributed by atoms with E-state index in [1.54, 1.807) is 6.07 Å². The molecule has 2 atom stereocenters. The molecule has 2 rings (SSSR count). The van der Waals surface area contributed by atoms with E-state index in [4.69, 9.17) is 11.6 Å². The van der Waals surface area contributed by atoms with E-state index in [0.29, 0.717) is 23.6 Å². The van der Waals surface area contributed by atoms with E-state index in [2.05, 4.69) is 5.32 Å². The average Bonchev–Trinajstić information content (AvgIpc) is 2.43. The van der Waals surface area contributed by atoms with Gasteiger partial charge in [0.25, 0.3) is 0 Å². The number of carbonyl (C=O) groups is 2. The molecule has 1 aromatic rings. The molecule has 0 aromatic heterocycles. The van der Waals surface area contributed by atoms with Crippen LogP contribution >= 0.6 is 11.6 Å². The number of halogens is 1. The number of carboxylic acid groups (broad SMARTS) is 1. The minimum absolute atomic E-state index is 0.242. The second kappa shape index (κ2) is 6.27. The van der Waals surface area contributed by atoms with Gasteiger partial charge in [0.05, 0.1) is 22.5 Å². The molecular weight excluding hydrogens is 278 g/mol. The lowest BCUT2D eigenvalue weighted by Crippen LogP contribution is -2.36. The Balaban J connectivity index is 2.16. The van der Waals surface area contributed by atoms with Gasteiger partial charge in [-0.05, 0) is 31.4 Å². The van der Waals surface area contributed by atoms with E-state index >= 15 is 0 Å². The first kappa shape index (κ1) is 14.9. The lowest BCUT2D eigenvalue weighted by molar-refractivity contribution is -0.147. The number of aliphatic carboxylic acids is 1.